The maximum absolute atomic E-state index is 5.04. The van der Waals surface area contributed by atoms with Gasteiger partial charge in [-0.1, -0.05) is 74.5 Å². The maximum Gasteiger partial charge on any atom is 0.0794 e. The molecule has 0 amide bonds. The molecule has 0 saturated heterocycles. The van der Waals surface area contributed by atoms with Gasteiger partial charge in [-0.2, -0.15) is 0 Å². The summed E-state index contributed by atoms with van der Waals surface area (Å²) in [6, 6.07) is 23.8. The van der Waals surface area contributed by atoms with Gasteiger partial charge in [0.2, 0.25) is 0 Å². The minimum Gasteiger partial charge on any atom is -0.247 e. The van der Waals surface area contributed by atoms with E-state index in [0.717, 1.165) is 11.2 Å². The highest BCUT2D eigenvalue weighted by molar-refractivity contribution is 6.13. The Hall–Kier alpha value is -2.67. The van der Waals surface area contributed by atoms with Crippen molar-refractivity contribution in [2.45, 2.75) is 19.3 Å². The third-order valence-electron chi connectivity index (χ3n) is 5.26. The van der Waals surface area contributed by atoms with Crippen LogP contribution < -0.4 is 0 Å². The van der Waals surface area contributed by atoms with Gasteiger partial charge < -0.3 is 0 Å². The number of para-hydroxylation sites is 1. The van der Waals surface area contributed by atoms with E-state index in [1.165, 1.54) is 32.8 Å². The van der Waals surface area contributed by atoms with Crippen molar-refractivity contribution in [1.82, 2.24) is 4.98 Å². The van der Waals surface area contributed by atoms with Crippen LogP contribution in [0.3, 0.4) is 0 Å². The number of pyridine rings is 1. The first kappa shape index (κ1) is 12.8. The van der Waals surface area contributed by atoms with E-state index in [0.29, 0.717) is 0 Å². The standard InChI is InChI=1S/C22H17N/c1-22(2)17-11-5-3-9-16(17)21-20-15(10-7-12-18(20)22)14-8-4-6-13-19(14)23-21/h3-13H,1-2H3. The number of fused-ring (bicyclic) bond motifs is 4. The normalized spacial score (nSPS) is 14.9. The zero-order chi connectivity index (χ0) is 15.6. The van der Waals surface area contributed by atoms with Crippen molar-refractivity contribution >= 4 is 21.7 Å². The predicted molar refractivity (Wildman–Crippen MR) is 96.8 cm³/mol. The van der Waals surface area contributed by atoms with Crippen LogP contribution in [0.25, 0.3) is 32.9 Å². The molecular weight excluding hydrogens is 278 g/mol. The van der Waals surface area contributed by atoms with Crippen molar-refractivity contribution in [2.75, 3.05) is 0 Å². The molecule has 5 rings (SSSR count). The Balaban J connectivity index is 2.10. The molecule has 0 atom stereocenters. The fourth-order valence-electron chi connectivity index (χ4n) is 4.10. The summed E-state index contributed by atoms with van der Waals surface area (Å²) >= 11 is 0. The topological polar surface area (TPSA) is 12.9 Å². The van der Waals surface area contributed by atoms with Crippen LogP contribution in [0.1, 0.15) is 25.0 Å². The number of hydrogen-bond acceptors (Lipinski definition) is 1. The van der Waals surface area contributed by atoms with E-state index in [9.17, 15) is 0 Å². The molecular formula is C22H17N. The number of hydrogen-bond donors (Lipinski definition) is 0. The lowest BCUT2D eigenvalue weighted by atomic mass is 9.69. The molecule has 0 fully saturated rings. The summed E-state index contributed by atoms with van der Waals surface area (Å²) in [6.45, 7) is 4.64. The lowest BCUT2D eigenvalue weighted by Crippen LogP contribution is -2.24. The fraction of sp³-hybridized carbons (Fsp3) is 0.136. The number of nitrogens with zero attached hydrogens (tertiary/aromatic N) is 1. The van der Waals surface area contributed by atoms with Crippen LogP contribution in [-0.2, 0) is 5.41 Å². The van der Waals surface area contributed by atoms with Crippen molar-refractivity contribution in [3.63, 3.8) is 0 Å². The third kappa shape index (κ3) is 1.54. The Morgan fingerprint density at radius 3 is 2.30 bits per heavy atom. The van der Waals surface area contributed by atoms with Crippen molar-refractivity contribution in [1.29, 1.82) is 0 Å². The zero-order valence-electron chi connectivity index (χ0n) is 13.3. The Morgan fingerprint density at radius 1 is 0.696 bits per heavy atom. The molecule has 1 aromatic heterocycles. The molecule has 0 spiro atoms. The van der Waals surface area contributed by atoms with Crippen LogP contribution in [0.4, 0.5) is 0 Å². The Labute approximate surface area is 135 Å². The Bertz CT molecular complexity index is 1090. The van der Waals surface area contributed by atoms with E-state index < -0.39 is 0 Å². The van der Waals surface area contributed by atoms with E-state index in [4.69, 9.17) is 4.98 Å². The minimum absolute atomic E-state index is 0.00671. The molecule has 0 radical (unpaired) electrons. The highest BCUT2D eigenvalue weighted by Gasteiger charge is 2.34. The van der Waals surface area contributed by atoms with Crippen LogP contribution in [0.15, 0.2) is 66.7 Å². The van der Waals surface area contributed by atoms with E-state index in [2.05, 4.69) is 80.6 Å². The number of aromatic nitrogens is 1. The average molecular weight is 295 g/mol. The van der Waals surface area contributed by atoms with Gasteiger partial charge in [0.25, 0.3) is 0 Å². The second kappa shape index (κ2) is 4.20. The maximum atomic E-state index is 5.04. The molecule has 1 nitrogen and oxygen atoms in total. The lowest BCUT2D eigenvalue weighted by molar-refractivity contribution is 0.644. The van der Waals surface area contributed by atoms with Crippen LogP contribution in [0.2, 0.25) is 0 Å². The molecule has 0 bridgehead atoms. The van der Waals surface area contributed by atoms with Crippen molar-refractivity contribution in [3.05, 3.63) is 77.9 Å². The van der Waals surface area contributed by atoms with Crippen molar-refractivity contribution < 1.29 is 0 Å². The molecule has 0 aliphatic heterocycles. The smallest absolute Gasteiger partial charge is 0.0794 e. The minimum atomic E-state index is -0.00671. The molecule has 1 heteroatoms. The third-order valence-corrected chi connectivity index (χ3v) is 5.26. The number of rotatable bonds is 0. The van der Waals surface area contributed by atoms with Gasteiger partial charge in [0.05, 0.1) is 11.2 Å². The van der Waals surface area contributed by atoms with Gasteiger partial charge in [0, 0.05) is 21.8 Å². The second-order valence-electron chi connectivity index (χ2n) is 6.88. The molecule has 3 aromatic carbocycles. The summed E-state index contributed by atoms with van der Waals surface area (Å²) in [7, 11) is 0. The van der Waals surface area contributed by atoms with Gasteiger partial charge in [-0.3, -0.25) is 0 Å². The summed E-state index contributed by atoms with van der Waals surface area (Å²) in [4.78, 5) is 5.04. The summed E-state index contributed by atoms with van der Waals surface area (Å²) in [6.07, 6.45) is 0. The predicted octanol–water partition coefficient (Wildman–Crippen LogP) is 5.69. The van der Waals surface area contributed by atoms with Gasteiger partial charge in [-0.05, 0) is 22.6 Å². The summed E-state index contributed by atoms with van der Waals surface area (Å²) in [5.41, 5.74) is 6.20. The van der Waals surface area contributed by atoms with Crippen LogP contribution in [0, 0.1) is 0 Å². The number of benzene rings is 3. The molecule has 1 heterocycles. The van der Waals surface area contributed by atoms with Crippen LogP contribution in [-0.4, -0.2) is 4.98 Å². The highest BCUT2D eigenvalue weighted by Crippen LogP contribution is 2.48. The van der Waals surface area contributed by atoms with E-state index in [-0.39, 0.29) is 5.41 Å². The first-order chi connectivity index (χ1) is 11.2. The molecule has 0 unspecified atom stereocenters. The molecule has 0 saturated carbocycles. The quantitative estimate of drug-likeness (QED) is 0.379. The first-order valence-electron chi connectivity index (χ1n) is 8.10. The highest BCUT2D eigenvalue weighted by atomic mass is 14.7. The van der Waals surface area contributed by atoms with Crippen molar-refractivity contribution in [3.8, 4) is 11.3 Å². The second-order valence-corrected chi connectivity index (χ2v) is 6.88. The summed E-state index contributed by atoms with van der Waals surface area (Å²) in [5, 5.41) is 3.86. The zero-order valence-corrected chi connectivity index (χ0v) is 13.3. The molecule has 0 N–H and O–H groups in total. The van der Waals surface area contributed by atoms with Crippen LogP contribution in [0.5, 0.6) is 0 Å². The van der Waals surface area contributed by atoms with Gasteiger partial charge in [-0.25, -0.2) is 4.98 Å². The largest absolute Gasteiger partial charge is 0.247 e. The van der Waals surface area contributed by atoms with Gasteiger partial charge in [0.1, 0.15) is 0 Å². The first-order valence-corrected chi connectivity index (χ1v) is 8.10. The molecule has 1 aliphatic rings. The van der Waals surface area contributed by atoms with Gasteiger partial charge in [0.15, 0.2) is 0 Å². The molecule has 1 aliphatic carbocycles. The molecule has 4 aromatic rings. The van der Waals surface area contributed by atoms with Crippen molar-refractivity contribution in [2.24, 2.45) is 0 Å². The van der Waals surface area contributed by atoms with E-state index in [1.54, 1.807) is 0 Å². The van der Waals surface area contributed by atoms with Gasteiger partial charge in [-0.15, -0.1) is 0 Å². The molecule has 110 valence electrons. The van der Waals surface area contributed by atoms with E-state index in [1.807, 2.05) is 0 Å². The average Bonchev–Trinajstić information content (AvgIpc) is 2.59. The van der Waals surface area contributed by atoms with Gasteiger partial charge >= 0.3 is 0 Å². The Kier molecular flexibility index (Phi) is 2.34. The Morgan fingerprint density at radius 2 is 1.39 bits per heavy atom. The van der Waals surface area contributed by atoms with Crippen LogP contribution >= 0.6 is 0 Å². The summed E-state index contributed by atoms with van der Waals surface area (Å²) < 4.78 is 0. The lowest BCUT2D eigenvalue weighted by Gasteiger charge is -2.34. The van der Waals surface area contributed by atoms with E-state index >= 15 is 0 Å². The fourth-order valence-corrected chi connectivity index (χ4v) is 4.10. The SMILES string of the molecule is CC1(C)c2ccccc2-c2nc3ccccc3c3cccc1c23. The summed E-state index contributed by atoms with van der Waals surface area (Å²) in [5.74, 6) is 0. The molecule has 23 heavy (non-hydrogen) atoms. The monoisotopic (exact) mass is 295 g/mol.